The summed E-state index contributed by atoms with van der Waals surface area (Å²) in [5, 5.41) is 6.04. The first kappa shape index (κ1) is 33.7. The van der Waals surface area contributed by atoms with E-state index < -0.39 is 0 Å². The van der Waals surface area contributed by atoms with E-state index in [9.17, 15) is 19.2 Å². The monoisotopic (exact) mass is 594 g/mol. The number of hydrogen-bond acceptors (Lipinski definition) is 8. The van der Waals surface area contributed by atoms with E-state index in [0.717, 1.165) is 92.2 Å². The van der Waals surface area contributed by atoms with Crippen molar-refractivity contribution in [2.75, 3.05) is 49.9 Å². The molecule has 1 aliphatic rings. The number of benzene rings is 2. The van der Waals surface area contributed by atoms with Crippen LogP contribution in [0.2, 0.25) is 0 Å². The first-order valence-corrected chi connectivity index (χ1v) is 15.0. The number of rotatable bonds is 12. The van der Waals surface area contributed by atoms with Gasteiger partial charge in [-0.3, -0.25) is 19.2 Å². The zero-order valence-electron chi connectivity index (χ0n) is 26.4. The van der Waals surface area contributed by atoms with Crippen LogP contribution < -0.4 is 20.1 Å². The Morgan fingerprint density at radius 3 is 1.30 bits per heavy atom. The highest BCUT2D eigenvalue weighted by atomic mass is 16.5. The lowest BCUT2D eigenvalue weighted by molar-refractivity contribution is -0.132. The maximum atomic E-state index is 12.6. The summed E-state index contributed by atoms with van der Waals surface area (Å²) in [6.45, 7) is 15.9. The second kappa shape index (κ2) is 16.2. The van der Waals surface area contributed by atoms with Crippen LogP contribution in [0.25, 0.3) is 0 Å². The molecule has 0 bridgehead atoms. The third-order valence-electron chi connectivity index (χ3n) is 7.50. The first-order chi connectivity index (χ1) is 20.4. The van der Waals surface area contributed by atoms with Crippen molar-refractivity contribution >= 4 is 35.1 Å². The number of carbonyl (C=O) groups is 4. The van der Waals surface area contributed by atoms with E-state index in [2.05, 4.69) is 20.4 Å². The summed E-state index contributed by atoms with van der Waals surface area (Å²) in [5.74, 6) is 0.172. The predicted molar refractivity (Wildman–Crippen MR) is 168 cm³/mol. The number of hydrogen-bond donors (Lipinski definition) is 2. The Morgan fingerprint density at radius 1 is 0.628 bits per heavy atom. The Balaban J connectivity index is 1.35. The predicted octanol–water partition coefficient (Wildman–Crippen LogP) is 4.92. The molecule has 10 nitrogen and oxygen atoms in total. The van der Waals surface area contributed by atoms with Crippen LogP contribution in [0.15, 0.2) is 24.3 Å². The van der Waals surface area contributed by atoms with Crippen LogP contribution in [0.5, 0.6) is 11.5 Å². The topological polar surface area (TPSA) is 117 Å². The van der Waals surface area contributed by atoms with Crippen molar-refractivity contribution in [3.05, 3.63) is 46.5 Å². The van der Waals surface area contributed by atoms with E-state index >= 15 is 0 Å². The zero-order chi connectivity index (χ0) is 31.5. The van der Waals surface area contributed by atoms with Crippen molar-refractivity contribution in [2.45, 2.75) is 73.6 Å². The average molecular weight is 595 g/mol. The van der Waals surface area contributed by atoms with Crippen molar-refractivity contribution < 1.29 is 28.7 Å². The van der Waals surface area contributed by atoms with Gasteiger partial charge < -0.3 is 29.9 Å². The van der Waals surface area contributed by atoms with Crippen molar-refractivity contribution in [3.63, 3.8) is 0 Å². The summed E-state index contributed by atoms with van der Waals surface area (Å²) in [6.07, 6.45) is 3.47. The molecular formula is C33H46N4O6. The Kier molecular flexibility index (Phi) is 12.7. The molecule has 234 valence electrons. The van der Waals surface area contributed by atoms with E-state index in [1.54, 1.807) is 24.3 Å². The molecule has 10 heteroatoms. The van der Waals surface area contributed by atoms with Gasteiger partial charge in [0.05, 0.1) is 0 Å². The van der Waals surface area contributed by atoms with Crippen molar-refractivity contribution in [1.29, 1.82) is 0 Å². The molecule has 2 aromatic rings. The van der Waals surface area contributed by atoms with Crippen LogP contribution in [0.1, 0.15) is 68.2 Å². The fourth-order valence-corrected chi connectivity index (χ4v) is 5.49. The van der Waals surface area contributed by atoms with Gasteiger partial charge >= 0.3 is 11.9 Å². The lowest BCUT2D eigenvalue weighted by Crippen LogP contribution is -2.32. The first-order valence-electron chi connectivity index (χ1n) is 15.0. The molecule has 1 saturated heterocycles. The number of nitrogens with one attached hydrogen (secondary N) is 2. The van der Waals surface area contributed by atoms with Gasteiger partial charge in [0, 0.05) is 51.2 Å². The van der Waals surface area contributed by atoms with Crippen LogP contribution in [0, 0.1) is 27.7 Å². The Labute approximate surface area is 255 Å². The molecule has 1 heterocycles. The van der Waals surface area contributed by atoms with Gasteiger partial charge in [0.1, 0.15) is 11.5 Å². The third-order valence-corrected chi connectivity index (χ3v) is 7.50. The Bertz CT molecular complexity index is 1180. The Morgan fingerprint density at radius 2 is 0.977 bits per heavy atom. The third kappa shape index (κ3) is 11.1. The maximum Gasteiger partial charge on any atom is 0.308 e. The largest absolute Gasteiger partial charge is 0.427 e. The van der Waals surface area contributed by atoms with Crippen LogP contribution in [0.3, 0.4) is 0 Å². The van der Waals surface area contributed by atoms with Gasteiger partial charge in [-0.05, 0) is 120 Å². The number of carbonyl (C=O) groups excluding carboxylic acids is 4. The molecule has 0 aromatic heterocycles. The number of anilines is 2. The molecule has 2 amide bonds. The number of esters is 2. The molecule has 0 radical (unpaired) electrons. The number of amides is 2. The molecule has 2 aromatic carbocycles. The maximum absolute atomic E-state index is 12.6. The van der Waals surface area contributed by atoms with E-state index in [0.29, 0.717) is 24.3 Å². The van der Waals surface area contributed by atoms with Gasteiger partial charge in [-0.15, -0.1) is 0 Å². The molecule has 0 aliphatic carbocycles. The standard InChI is InChI=1S/C33H46N4O6/c1-22-18-28(42-26(5)38)19-23(2)32(22)34-30(40)10-7-12-36-14-9-15-37(17-16-36)13-8-11-31(41)35-33-24(3)20-29(21-25(33)4)43-27(6)39/h18-21H,7-17H2,1-6H3,(H,34,40)(H,35,41). The minimum atomic E-state index is -0.373. The normalized spacial score (nSPS) is 14.1. The lowest BCUT2D eigenvalue weighted by atomic mass is 10.1. The van der Waals surface area contributed by atoms with Gasteiger partial charge in [-0.25, -0.2) is 0 Å². The van der Waals surface area contributed by atoms with Crippen LogP contribution in [0.4, 0.5) is 11.4 Å². The van der Waals surface area contributed by atoms with Gasteiger partial charge in [0.2, 0.25) is 11.8 Å². The van der Waals surface area contributed by atoms with Crippen molar-refractivity contribution in [3.8, 4) is 11.5 Å². The fourth-order valence-electron chi connectivity index (χ4n) is 5.49. The average Bonchev–Trinajstić information content (AvgIpc) is 3.13. The summed E-state index contributed by atoms with van der Waals surface area (Å²) in [6, 6.07) is 7.03. The highest BCUT2D eigenvalue weighted by molar-refractivity contribution is 5.93. The summed E-state index contributed by atoms with van der Waals surface area (Å²) < 4.78 is 10.3. The van der Waals surface area contributed by atoms with Gasteiger partial charge in [0.25, 0.3) is 0 Å². The Hall–Kier alpha value is -3.76. The van der Waals surface area contributed by atoms with E-state index in [-0.39, 0.29) is 23.8 Å². The molecule has 1 aliphatic heterocycles. The second-order valence-corrected chi connectivity index (χ2v) is 11.4. The van der Waals surface area contributed by atoms with Gasteiger partial charge in [0.15, 0.2) is 0 Å². The zero-order valence-corrected chi connectivity index (χ0v) is 26.4. The molecule has 0 atom stereocenters. The van der Waals surface area contributed by atoms with Gasteiger partial charge in [-0.2, -0.15) is 0 Å². The summed E-state index contributed by atoms with van der Waals surface area (Å²) in [4.78, 5) is 52.6. The summed E-state index contributed by atoms with van der Waals surface area (Å²) in [7, 11) is 0. The quantitative estimate of drug-likeness (QED) is 0.263. The molecule has 2 N–H and O–H groups in total. The molecule has 0 spiro atoms. The molecular weight excluding hydrogens is 548 g/mol. The van der Waals surface area contributed by atoms with Crippen molar-refractivity contribution in [2.24, 2.45) is 0 Å². The highest BCUT2D eigenvalue weighted by Gasteiger charge is 2.17. The molecule has 0 unspecified atom stereocenters. The number of ether oxygens (including phenoxy) is 2. The lowest BCUT2D eigenvalue weighted by Gasteiger charge is -2.22. The highest BCUT2D eigenvalue weighted by Crippen LogP contribution is 2.28. The molecule has 0 saturated carbocycles. The van der Waals surface area contributed by atoms with Crippen LogP contribution in [-0.4, -0.2) is 72.8 Å². The summed E-state index contributed by atoms with van der Waals surface area (Å²) in [5.41, 5.74) is 4.96. The number of aryl methyl sites for hydroxylation is 4. The SMILES string of the molecule is CC(=O)Oc1cc(C)c(NC(=O)CCCN2CCCN(CCCC(=O)Nc3c(C)cc(OC(C)=O)cc3C)CC2)c(C)c1. The number of nitrogens with zero attached hydrogens (tertiary/aromatic N) is 2. The minimum absolute atomic E-state index is 0.0214. The minimum Gasteiger partial charge on any atom is -0.427 e. The van der Waals surface area contributed by atoms with Crippen LogP contribution >= 0.6 is 0 Å². The van der Waals surface area contributed by atoms with Crippen molar-refractivity contribution in [1.82, 2.24) is 9.80 Å². The molecule has 1 fully saturated rings. The second-order valence-electron chi connectivity index (χ2n) is 11.4. The van der Waals surface area contributed by atoms with E-state index in [4.69, 9.17) is 9.47 Å². The summed E-state index contributed by atoms with van der Waals surface area (Å²) >= 11 is 0. The molecule has 3 rings (SSSR count). The molecule has 43 heavy (non-hydrogen) atoms. The smallest absolute Gasteiger partial charge is 0.308 e. The fraction of sp³-hybridized carbons (Fsp3) is 0.515. The van der Waals surface area contributed by atoms with Crippen LogP contribution in [-0.2, 0) is 19.2 Å². The van der Waals surface area contributed by atoms with E-state index in [1.165, 1.54) is 13.8 Å². The van der Waals surface area contributed by atoms with E-state index in [1.807, 2.05) is 27.7 Å². The van der Waals surface area contributed by atoms with Gasteiger partial charge in [-0.1, -0.05) is 0 Å².